The monoisotopic (exact) mass is 427 g/mol. The maximum atomic E-state index is 13.4. The fourth-order valence-corrected chi connectivity index (χ4v) is 5.93. The molecule has 5 rings (SSSR count). The third-order valence-electron chi connectivity index (χ3n) is 7.43. The van der Waals surface area contributed by atoms with Crippen molar-refractivity contribution in [3.8, 4) is 0 Å². The zero-order valence-electron chi connectivity index (χ0n) is 17.1. The number of fused-ring (bicyclic) bond motifs is 4. The molecule has 0 amide bonds. The predicted molar refractivity (Wildman–Crippen MR) is 111 cm³/mol. The molecule has 1 saturated carbocycles. The highest BCUT2D eigenvalue weighted by molar-refractivity contribution is 6.11. The van der Waals surface area contributed by atoms with E-state index < -0.39 is 17.2 Å². The molecule has 0 radical (unpaired) electrons. The van der Waals surface area contributed by atoms with E-state index in [0.717, 1.165) is 24.2 Å². The Labute approximate surface area is 179 Å². The number of rotatable bonds is 1. The van der Waals surface area contributed by atoms with Crippen molar-refractivity contribution < 1.29 is 22.8 Å². The van der Waals surface area contributed by atoms with Crippen LogP contribution in [0.15, 0.2) is 48.5 Å². The van der Waals surface area contributed by atoms with Crippen LogP contribution in [0.4, 0.5) is 18.9 Å². The fraction of sp³-hybridized carbons (Fsp3) is 0.440. The molecule has 31 heavy (non-hydrogen) atoms. The summed E-state index contributed by atoms with van der Waals surface area (Å²) >= 11 is 0. The van der Waals surface area contributed by atoms with Crippen molar-refractivity contribution in [1.29, 1.82) is 0 Å². The zero-order chi connectivity index (χ0) is 21.8. The Balaban J connectivity index is 1.61. The lowest BCUT2D eigenvalue weighted by Crippen LogP contribution is -2.63. The molecule has 2 aromatic carbocycles. The summed E-state index contributed by atoms with van der Waals surface area (Å²) in [6.07, 6.45) is -1.72. The number of alkyl halides is 3. The Hall–Kier alpha value is -2.63. The van der Waals surface area contributed by atoms with Gasteiger partial charge in [0.25, 0.3) is 0 Å². The first kappa shape index (κ1) is 20.3. The quantitative estimate of drug-likeness (QED) is 0.578. The van der Waals surface area contributed by atoms with E-state index in [1.807, 2.05) is 18.2 Å². The number of hydrogen-bond donors (Lipinski definition) is 0. The minimum atomic E-state index is -4.46. The van der Waals surface area contributed by atoms with Gasteiger partial charge in [0.15, 0.2) is 0 Å². The van der Waals surface area contributed by atoms with Crippen LogP contribution in [0.5, 0.6) is 0 Å². The lowest BCUT2D eigenvalue weighted by atomic mass is 9.58. The second-order valence-electron chi connectivity index (χ2n) is 9.03. The molecular weight excluding hydrogens is 403 g/mol. The van der Waals surface area contributed by atoms with E-state index in [1.54, 1.807) is 0 Å². The zero-order valence-corrected chi connectivity index (χ0v) is 17.1. The summed E-state index contributed by atoms with van der Waals surface area (Å²) in [5, 5.41) is 0. The molecule has 2 heterocycles. The number of carbonyl (C=O) groups excluding carboxylic acids is 2. The normalized spacial score (nSPS) is 25.3. The number of carbonyl (C=O) groups is 2. The van der Waals surface area contributed by atoms with Gasteiger partial charge >= 0.3 is 6.18 Å². The van der Waals surface area contributed by atoms with Crippen molar-refractivity contribution in [3.05, 3.63) is 65.2 Å². The lowest BCUT2D eigenvalue weighted by Gasteiger charge is -2.54. The minimum Gasteiger partial charge on any atom is -0.367 e. The molecular formula is C25H24F3NO2. The smallest absolute Gasteiger partial charge is 0.367 e. The summed E-state index contributed by atoms with van der Waals surface area (Å²) in [4.78, 5) is 28.7. The van der Waals surface area contributed by atoms with Gasteiger partial charge in [-0.3, -0.25) is 9.59 Å². The van der Waals surface area contributed by atoms with Gasteiger partial charge in [-0.15, -0.1) is 0 Å². The van der Waals surface area contributed by atoms with Crippen LogP contribution in [0.1, 0.15) is 54.7 Å². The summed E-state index contributed by atoms with van der Waals surface area (Å²) in [7, 11) is 0. The summed E-state index contributed by atoms with van der Waals surface area (Å²) < 4.78 is 40.1. The molecule has 2 aliphatic heterocycles. The van der Waals surface area contributed by atoms with Gasteiger partial charge in [-0.1, -0.05) is 30.3 Å². The molecule has 3 aliphatic rings. The van der Waals surface area contributed by atoms with Gasteiger partial charge in [-0.25, -0.2) is 0 Å². The predicted octanol–water partition coefficient (Wildman–Crippen LogP) is 5.32. The van der Waals surface area contributed by atoms with E-state index in [0.29, 0.717) is 37.8 Å². The average molecular weight is 427 g/mol. The third-order valence-corrected chi connectivity index (χ3v) is 7.43. The Bertz CT molecular complexity index is 1010. The highest BCUT2D eigenvalue weighted by Crippen LogP contribution is 2.52. The molecule has 3 nitrogen and oxygen atoms in total. The molecule has 0 bridgehead atoms. The van der Waals surface area contributed by atoms with Crippen LogP contribution >= 0.6 is 0 Å². The van der Waals surface area contributed by atoms with E-state index >= 15 is 0 Å². The number of piperidine rings is 1. The largest absolute Gasteiger partial charge is 0.416 e. The molecule has 2 fully saturated rings. The van der Waals surface area contributed by atoms with Crippen LogP contribution in [0.3, 0.4) is 0 Å². The summed E-state index contributed by atoms with van der Waals surface area (Å²) in [6.45, 7) is 0.616. The molecule has 2 aromatic rings. The third kappa shape index (κ3) is 3.19. The number of anilines is 1. The van der Waals surface area contributed by atoms with E-state index in [9.17, 15) is 22.8 Å². The molecule has 2 atom stereocenters. The first-order valence-electron chi connectivity index (χ1n) is 10.9. The minimum absolute atomic E-state index is 0.0760. The SMILES string of the molecule is O=C1CCCC(=O)C12Cc1cc(C(F)(F)F)ccc1N1CC[C@@H](c3ccccc3)C[C@@H]12. The molecule has 0 unspecified atom stereocenters. The van der Waals surface area contributed by atoms with Crippen LogP contribution in [0.2, 0.25) is 0 Å². The Kier molecular flexibility index (Phi) is 4.72. The van der Waals surface area contributed by atoms with Gasteiger partial charge in [-0.2, -0.15) is 13.2 Å². The molecule has 162 valence electrons. The van der Waals surface area contributed by atoms with Gasteiger partial charge in [0.1, 0.15) is 17.0 Å². The van der Waals surface area contributed by atoms with Gasteiger partial charge in [0.2, 0.25) is 0 Å². The van der Waals surface area contributed by atoms with Crippen LogP contribution < -0.4 is 4.90 Å². The van der Waals surface area contributed by atoms with E-state index in [-0.39, 0.29) is 29.9 Å². The number of hydrogen-bond acceptors (Lipinski definition) is 3. The summed E-state index contributed by atoms with van der Waals surface area (Å²) in [5.41, 5.74) is 0.429. The van der Waals surface area contributed by atoms with E-state index in [4.69, 9.17) is 0 Å². The number of ketones is 2. The van der Waals surface area contributed by atoms with E-state index in [2.05, 4.69) is 17.0 Å². The lowest BCUT2D eigenvalue weighted by molar-refractivity contribution is -0.146. The highest BCUT2D eigenvalue weighted by Gasteiger charge is 2.58. The maximum Gasteiger partial charge on any atom is 0.416 e. The standard InChI is InChI=1S/C25H24F3NO2/c26-25(27,28)19-9-10-20-18(13-19)15-24(22(30)7-4-8-23(24)31)21-14-17(11-12-29(20)21)16-5-2-1-3-6-16/h1-3,5-6,9-10,13,17,21H,4,7-8,11-12,14-15H2/t17-,21-/m1/s1. The number of nitrogens with zero attached hydrogens (tertiary/aromatic N) is 1. The fourth-order valence-electron chi connectivity index (χ4n) is 5.93. The molecule has 6 heteroatoms. The number of benzene rings is 2. The van der Waals surface area contributed by atoms with Gasteiger partial charge in [-0.05, 0) is 60.9 Å². The van der Waals surface area contributed by atoms with Gasteiger partial charge in [0.05, 0.1) is 5.56 Å². The van der Waals surface area contributed by atoms with Crippen LogP contribution in [0.25, 0.3) is 0 Å². The molecule has 0 N–H and O–H groups in total. The second-order valence-corrected chi connectivity index (χ2v) is 9.03. The van der Waals surface area contributed by atoms with Crippen molar-refractivity contribution in [2.24, 2.45) is 5.41 Å². The van der Waals surface area contributed by atoms with Crippen molar-refractivity contribution in [2.45, 2.75) is 56.7 Å². The Morgan fingerprint density at radius 3 is 2.35 bits per heavy atom. The maximum absolute atomic E-state index is 13.4. The van der Waals surface area contributed by atoms with Crippen molar-refractivity contribution in [2.75, 3.05) is 11.4 Å². The first-order chi connectivity index (χ1) is 14.8. The molecule has 0 aromatic heterocycles. The van der Waals surface area contributed by atoms with Crippen molar-refractivity contribution >= 4 is 17.3 Å². The van der Waals surface area contributed by atoms with Gasteiger partial charge in [0, 0.05) is 31.1 Å². The first-order valence-corrected chi connectivity index (χ1v) is 10.9. The summed E-state index contributed by atoms with van der Waals surface area (Å²) in [5.74, 6) is 0.0175. The number of Topliss-reactive ketones (excluding diaryl/α,β-unsaturated/α-hetero) is 2. The van der Waals surface area contributed by atoms with Crippen molar-refractivity contribution in [1.82, 2.24) is 0 Å². The second kappa shape index (κ2) is 7.21. The summed E-state index contributed by atoms with van der Waals surface area (Å²) in [6, 6.07) is 13.6. The highest BCUT2D eigenvalue weighted by atomic mass is 19.4. The van der Waals surface area contributed by atoms with E-state index in [1.165, 1.54) is 11.6 Å². The van der Waals surface area contributed by atoms with Crippen LogP contribution in [-0.4, -0.2) is 24.2 Å². The molecule has 1 spiro atoms. The molecule has 1 aliphatic carbocycles. The van der Waals surface area contributed by atoms with Gasteiger partial charge < -0.3 is 4.90 Å². The molecule has 1 saturated heterocycles. The topological polar surface area (TPSA) is 37.4 Å². The van der Waals surface area contributed by atoms with Crippen LogP contribution in [0, 0.1) is 5.41 Å². The Morgan fingerprint density at radius 2 is 1.68 bits per heavy atom. The Morgan fingerprint density at radius 1 is 0.968 bits per heavy atom. The number of halogens is 3. The average Bonchev–Trinajstić information content (AvgIpc) is 2.76. The van der Waals surface area contributed by atoms with Crippen LogP contribution in [-0.2, 0) is 22.2 Å². The van der Waals surface area contributed by atoms with Crippen molar-refractivity contribution in [3.63, 3.8) is 0 Å².